The predicted octanol–water partition coefficient (Wildman–Crippen LogP) is 4.44. The van der Waals surface area contributed by atoms with E-state index in [1.807, 2.05) is 30.3 Å². The molecule has 0 aromatic heterocycles. The molecule has 3 N–H and O–H groups in total. The van der Waals surface area contributed by atoms with Crippen molar-refractivity contribution >= 4 is 23.9 Å². The summed E-state index contributed by atoms with van der Waals surface area (Å²) in [4.78, 5) is 38.7. The normalized spacial score (nSPS) is 13.5. The molecule has 0 aliphatic carbocycles. The Morgan fingerprint density at radius 1 is 0.865 bits per heavy atom. The number of hydrogen-bond donors (Lipinski definition) is 3. The van der Waals surface area contributed by atoms with Crippen molar-refractivity contribution in [1.82, 2.24) is 15.5 Å². The van der Waals surface area contributed by atoms with E-state index in [0.29, 0.717) is 24.2 Å². The minimum atomic E-state index is -0.839. The van der Waals surface area contributed by atoms with Gasteiger partial charge in [0, 0.05) is 24.2 Å². The van der Waals surface area contributed by atoms with Crippen LogP contribution in [0.25, 0.3) is 0 Å². The van der Waals surface area contributed by atoms with Gasteiger partial charge in [-0.3, -0.25) is 25.6 Å². The smallest absolute Gasteiger partial charge is 0.414 e. The van der Waals surface area contributed by atoms with Crippen molar-refractivity contribution in [1.29, 1.82) is 5.41 Å². The van der Waals surface area contributed by atoms with Crippen LogP contribution in [0.1, 0.15) is 50.6 Å². The molecular weight excluding hydrogens is 475 g/mol. The van der Waals surface area contributed by atoms with Crippen molar-refractivity contribution in [2.75, 3.05) is 13.1 Å². The van der Waals surface area contributed by atoms with E-state index in [-0.39, 0.29) is 24.2 Å². The van der Waals surface area contributed by atoms with Crippen LogP contribution in [0.15, 0.2) is 78.9 Å². The number of piperidine rings is 1. The second-order valence-electron chi connectivity index (χ2n) is 8.71. The minimum absolute atomic E-state index is 0.0503. The zero-order valence-electron chi connectivity index (χ0n) is 20.1. The van der Waals surface area contributed by atoms with Gasteiger partial charge in [-0.25, -0.2) is 9.18 Å². The van der Waals surface area contributed by atoms with E-state index >= 15 is 0 Å². The molecule has 3 amide bonds. The van der Waals surface area contributed by atoms with Crippen molar-refractivity contribution in [3.8, 4) is 0 Å². The summed E-state index contributed by atoms with van der Waals surface area (Å²) >= 11 is 0. The standard InChI is InChI=1S/C28H27FN4O4/c29-24-12-10-23(11-13-24)26(35)33-16-14-21(15-17-33)20-6-8-22(9-7-20)25(34)31-27(30)32-28(36)37-18-19-4-2-1-3-5-19/h1-13,21H,14-18H2,(H3,30,31,32,34,36). The van der Waals surface area contributed by atoms with Gasteiger partial charge < -0.3 is 9.64 Å². The number of guanidine groups is 1. The lowest BCUT2D eigenvalue weighted by Gasteiger charge is -2.32. The molecule has 3 aromatic rings. The highest BCUT2D eigenvalue weighted by Crippen LogP contribution is 2.29. The summed E-state index contributed by atoms with van der Waals surface area (Å²) < 4.78 is 18.2. The molecule has 0 unspecified atom stereocenters. The number of likely N-dealkylation sites (tertiary alicyclic amines) is 1. The average Bonchev–Trinajstić information content (AvgIpc) is 2.92. The summed E-state index contributed by atoms with van der Waals surface area (Å²) in [7, 11) is 0. The zero-order chi connectivity index (χ0) is 26.2. The Morgan fingerprint density at radius 3 is 2.14 bits per heavy atom. The summed E-state index contributed by atoms with van der Waals surface area (Å²) in [5.74, 6) is -1.24. The van der Waals surface area contributed by atoms with Gasteiger partial charge in [-0.1, -0.05) is 42.5 Å². The monoisotopic (exact) mass is 502 g/mol. The third-order valence-electron chi connectivity index (χ3n) is 6.20. The molecule has 0 spiro atoms. The number of amides is 3. The zero-order valence-corrected chi connectivity index (χ0v) is 20.1. The van der Waals surface area contributed by atoms with Gasteiger partial charge in [-0.2, -0.15) is 0 Å². The van der Waals surface area contributed by atoms with Gasteiger partial charge in [0.25, 0.3) is 11.8 Å². The van der Waals surface area contributed by atoms with Gasteiger partial charge in [0.2, 0.25) is 5.96 Å². The number of nitrogens with zero attached hydrogens (tertiary/aromatic N) is 1. The van der Waals surface area contributed by atoms with E-state index < -0.39 is 18.0 Å². The van der Waals surface area contributed by atoms with Crippen LogP contribution in [0.4, 0.5) is 9.18 Å². The first kappa shape index (κ1) is 25.6. The second-order valence-corrected chi connectivity index (χ2v) is 8.71. The van der Waals surface area contributed by atoms with E-state index in [2.05, 4.69) is 10.6 Å². The number of rotatable bonds is 5. The summed E-state index contributed by atoms with van der Waals surface area (Å²) in [6.07, 6.45) is 0.713. The van der Waals surface area contributed by atoms with E-state index in [1.54, 1.807) is 29.2 Å². The lowest BCUT2D eigenvalue weighted by atomic mass is 9.88. The maximum Gasteiger partial charge on any atom is 0.414 e. The van der Waals surface area contributed by atoms with Crippen LogP contribution in [0, 0.1) is 11.2 Å². The number of hydrogen-bond acceptors (Lipinski definition) is 5. The van der Waals surface area contributed by atoms with Crippen molar-refractivity contribution in [2.24, 2.45) is 0 Å². The molecule has 1 aliphatic rings. The summed E-state index contributed by atoms with van der Waals surface area (Å²) in [5.41, 5.74) is 2.68. The molecule has 0 bridgehead atoms. The predicted molar refractivity (Wildman–Crippen MR) is 136 cm³/mol. The molecular formula is C28H27FN4O4. The third-order valence-corrected chi connectivity index (χ3v) is 6.20. The molecule has 0 radical (unpaired) electrons. The van der Waals surface area contributed by atoms with Crippen LogP contribution >= 0.6 is 0 Å². The van der Waals surface area contributed by atoms with Gasteiger partial charge in [-0.05, 0) is 66.3 Å². The van der Waals surface area contributed by atoms with Crippen LogP contribution in [-0.2, 0) is 11.3 Å². The first-order valence-corrected chi connectivity index (χ1v) is 11.9. The number of halogens is 1. The first-order valence-electron chi connectivity index (χ1n) is 11.9. The Bertz CT molecular complexity index is 1260. The molecule has 1 aliphatic heterocycles. The summed E-state index contributed by atoms with van der Waals surface area (Å²) in [6, 6.07) is 21.7. The van der Waals surface area contributed by atoms with E-state index in [9.17, 15) is 18.8 Å². The largest absolute Gasteiger partial charge is 0.444 e. The first-order chi connectivity index (χ1) is 17.9. The fraction of sp³-hybridized carbons (Fsp3) is 0.214. The van der Waals surface area contributed by atoms with Gasteiger partial charge in [0.15, 0.2) is 0 Å². The molecule has 9 heteroatoms. The molecule has 1 fully saturated rings. The number of alkyl carbamates (subject to hydrolysis) is 1. The van der Waals surface area contributed by atoms with Crippen LogP contribution in [0.3, 0.4) is 0 Å². The maximum absolute atomic E-state index is 13.1. The molecule has 8 nitrogen and oxygen atoms in total. The quantitative estimate of drug-likeness (QED) is 0.354. The number of carbonyl (C=O) groups excluding carboxylic acids is 3. The number of carbonyl (C=O) groups is 3. The van der Waals surface area contributed by atoms with Crippen LogP contribution in [-0.4, -0.2) is 41.9 Å². The van der Waals surface area contributed by atoms with Gasteiger partial charge >= 0.3 is 6.09 Å². The van der Waals surface area contributed by atoms with Gasteiger partial charge in [-0.15, -0.1) is 0 Å². The van der Waals surface area contributed by atoms with Crippen LogP contribution in [0.2, 0.25) is 0 Å². The van der Waals surface area contributed by atoms with E-state index in [4.69, 9.17) is 10.1 Å². The van der Waals surface area contributed by atoms with Crippen LogP contribution < -0.4 is 10.6 Å². The van der Waals surface area contributed by atoms with E-state index in [1.165, 1.54) is 24.3 Å². The van der Waals surface area contributed by atoms with Crippen molar-refractivity contribution < 1.29 is 23.5 Å². The lowest BCUT2D eigenvalue weighted by Crippen LogP contribution is -2.43. The molecule has 3 aromatic carbocycles. The van der Waals surface area contributed by atoms with Crippen LogP contribution in [0.5, 0.6) is 0 Å². The highest BCUT2D eigenvalue weighted by molar-refractivity contribution is 6.07. The van der Waals surface area contributed by atoms with Gasteiger partial charge in [0.05, 0.1) is 0 Å². The van der Waals surface area contributed by atoms with Crippen molar-refractivity contribution in [2.45, 2.75) is 25.4 Å². The molecule has 4 rings (SSSR count). The Hall–Kier alpha value is -4.53. The SMILES string of the molecule is N=C(NC(=O)OCc1ccccc1)NC(=O)c1ccc(C2CCN(C(=O)c3ccc(F)cc3)CC2)cc1. The maximum atomic E-state index is 13.1. The summed E-state index contributed by atoms with van der Waals surface area (Å²) in [5, 5.41) is 12.3. The Labute approximate surface area is 213 Å². The average molecular weight is 503 g/mol. The third kappa shape index (κ3) is 7.00. The lowest BCUT2D eigenvalue weighted by molar-refractivity contribution is 0.0712. The molecule has 1 heterocycles. The molecule has 0 atom stereocenters. The minimum Gasteiger partial charge on any atom is -0.444 e. The highest BCUT2D eigenvalue weighted by atomic mass is 19.1. The fourth-order valence-electron chi connectivity index (χ4n) is 4.18. The second kappa shape index (κ2) is 11.9. The topological polar surface area (TPSA) is 112 Å². The molecule has 190 valence electrons. The number of ether oxygens (including phenoxy) is 1. The van der Waals surface area contributed by atoms with Crippen molar-refractivity contribution in [3.63, 3.8) is 0 Å². The Kier molecular flexibility index (Phi) is 8.25. The Morgan fingerprint density at radius 2 is 1.49 bits per heavy atom. The highest BCUT2D eigenvalue weighted by Gasteiger charge is 2.25. The number of nitrogens with one attached hydrogen (secondary N) is 3. The molecule has 37 heavy (non-hydrogen) atoms. The number of benzene rings is 3. The Balaban J connectivity index is 1.23. The van der Waals surface area contributed by atoms with Gasteiger partial charge in [0.1, 0.15) is 12.4 Å². The van der Waals surface area contributed by atoms with E-state index in [0.717, 1.165) is 24.0 Å². The summed E-state index contributed by atoms with van der Waals surface area (Å²) in [6.45, 7) is 1.23. The molecule has 0 saturated carbocycles. The van der Waals surface area contributed by atoms with Crippen molar-refractivity contribution in [3.05, 3.63) is 107 Å². The molecule has 1 saturated heterocycles. The fourth-order valence-corrected chi connectivity index (χ4v) is 4.18.